The Morgan fingerprint density at radius 2 is 2.00 bits per heavy atom. The zero-order valence-corrected chi connectivity index (χ0v) is 12.5. The Balaban J connectivity index is 0.00000128. The van der Waals surface area contributed by atoms with Crippen molar-refractivity contribution in [2.75, 3.05) is 6.54 Å². The van der Waals surface area contributed by atoms with Crippen molar-refractivity contribution in [3.05, 3.63) is 30.3 Å². The van der Waals surface area contributed by atoms with Gasteiger partial charge in [0.05, 0.1) is 5.25 Å². The van der Waals surface area contributed by atoms with Crippen LogP contribution in [0, 0.1) is 6.07 Å². The zero-order chi connectivity index (χ0) is 10.9. The Hall–Kier alpha value is -0.208. The molecule has 0 spiro atoms. The van der Waals surface area contributed by atoms with Crippen LogP contribution in [0.25, 0.3) is 0 Å². The zero-order valence-electron chi connectivity index (χ0n) is 8.98. The molecule has 1 fully saturated rings. The summed E-state index contributed by atoms with van der Waals surface area (Å²) in [6.07, 6.45) is 0.695. The summed E-state index contributed by atoms with van der Waals surface area (Å²) in [7, 11) is -3.15. The van der Waals surface area contributed by atoms with E-state index in [-0.39, 0.29) is 25.7 Å². The number of hydrogen-bond donors (Lipinski definition) is 1. The van der Waals surface area contributed by atoms with Crippen molar-refractivity contribution in [1.29, 1.82) is 0 Å². The maximum absolute atomic E-state index is 12.1. The maximum Gasteiger partial charge on any atom is 0.160 e. The van der Waals surface area contributed by atoms with E-state index >= 15 is 0 Å². The smallest absolute Gasteiger partial charge is 0.160 e. The summed E-state index contributed by atoms with van der Waals surface area (Å²) in [6, 6.07) is 9.61. The first-order valence-electron chi connectivity index (χ1n) is 5.04. The van der Waals surface area contributed by atoms with Crippen LogP contribution in [0.4, 0.5) is 0 Å². The molecule has 3 nitrogen and oxygen atoms in total. The van der Waals surface area contributed by atoms with Gasteiger partial charge >= 0.3 is 0 Å². The van der Waals surface area contributed by atoms with Gasteiger partial charge in [0.15, 0.2) is 9.84 Å². The molecule has 2 rings (SSSR count). The van der Waals surface area contributed by atoms with E-state index in [1.165, 1.54) is 0 Å². The molecule has 0 unspecified atom stereocenters. The summed E-state index contributed by atoms with van der Waals surface area (Å²) in [5, 5.41) is 2.88. The number of sulfone groups is 1. The van der Waals surface area contributed by atoms with E-state index in [9.17, 15) is 8.42 Å². The van der Waals surface area contributed by atoms with E-state index in [0.29, 0.717) is 23.9 Å². The van der Waals surface area contributed by atoms with Gasteiger partial charge in [-0.3, -0.25) is 0 Å². The van der Waals surface area contributed by atoms with Gasteiger partial charge in [-0.15, -0.1) is 0 Å². The molecule has 1 aliphatic heterocycles. The number of nitrogens with one attached hydrogen (secondary N) is 1. The first-order chi connectivity index (χ1) is 7.10. The van der Waals surface area contributed by atoms with Crippen LogP contribution in [0.1, 0.15) is 13.3 Å². The minimum atomic E-state index is -3.15. The van der Waals surface area contributed by atoms with E-state index < -0.39 is 9.84 Å². The summed E-state index contributed by atoms with van der Waals surface area (Å²) in [5.41, 5.74) is 0. The van der Waals surface area contributed by atoms with Crippen LogP contribution in [0.15, 0.2) is 29.2 Å². The first kappa shape index (κ1) is 13.9. The van der Waals surface area contributed by atoms with Gasteiger partial charge in [-0.1, -0.05) is 0 Å². The normalized spacial score (nSPS) is 25.1. The molecular weight excluding hydrogens is 396 g/mol. The van der Waals surface area contributed by atoms with Gasteiger partial charge in [-0.05, 0) is 18.2 Å². The van der Waals surface area contributed by atoms with Gasteiger partial charge in [-0.2, -0.15) is 30.3 Å². The van der Waals surface area contributed by atoms with E-state index in [1.54, 1.807) is 24.3 Å². The van der Waals surface area contributed by atoms with Crippen LogP contribution in [0.5, 0.6) is 0 Å². The third-order valence-electron chi connectivity index (χ3n) is 2.77. The summed E-state index contributed by atoms with van der Waals surface area (Å²) >= 11 is 0. The van der Waals surface area contributed by atoms with Gasteiger partial charge < -0.3 is 5.32 Å². The largest absolute Gasteiger partial charge is 0.313 e. The molecule has 0 amide bonds. The third-order valence-corrected chi connectivity index (χ3v) is 4.93. The Kier molecular flexibility index (Phi) is 4.69. The maximum atomic E-state index is 12.1. The van der Waals surface area contributed by atoms with Crippen molar-refractivity contribution < 1.29 is 28.8 Å². The number of benzene rings is 1. The van der Waals surface area contributed by atoms with Crippen LogP contribution in [0.3, 0.4) is 0 Å². The van der Waals surface area contributed by atoms with Crippen molar-refractivity contribution in [2.24, 2.45) is 0 Å². The van der Waals surface area contributed by atoms with Crippen LogP contribution in [-0.4, -0.2) is 26.3 Å². The average Bonchev–Trinajstić information content (AvgIpc) is 2.67. The second kappa shape index (κ2) is 5.42. The summed E-state index contributed by atoms with van der Waals surface area (Å²) in [6.45, 7) is 2.57. The van der Waals surface area contributed by atoms with Crippen molar-refractivity contribution in [2.45, 2.75) is 29.5 Å². The molecule has 0 aliphatic carbocycles. The molecule has 0 aromatic heterocycles. The van der Waals surface area contributed by atoms with Crippen molar-refractivity contribution in [3.8, 4) is 0 Å². The van der Waals surface area contributed by atoms with Gasteiger partial charge in [0.2, 0.25) is 0 Å². The average molecular weight is 411 g/mol. The third kappa shape index (κ3) is 2.72. The minimum absolute atomic E-state index is 0. The standard InChI is InChI=1S/C11H14NO2S.Re/c1-9-7-11(8-12-9)15(13,14)10-5-3-2-4-6-10;/h3-6,9,11-12H,7-8H2,1H3;/q-1;/t9-,11-;/m1./s1. The fourth-order valence-corrected chi connectivity index (χ4v) is 3.64. The monoisotopic (exact) mass is 411 g/mol. The topological polar surface area (TPSA) is 46.2 Å². The number of rotatable bonds is 2. The molecular formula is C11H14NO2ReS-. The molecule has 5 heteroatoms. The second-order valence-electron chi connectivity index (χ2n) is 3.95. The molecule has 89 valence electrons. The Labute approximate surface area is 110 Å². The van der Waals surface area contributed by atoms with Gasteiger partial charge in [0.1, 0.15) is 0 Å². The molecule has 1 saturated heterocycles. The van der Waals surface area contributed by atoms with Crippen LogP contribution >= 0.6 is 0 Å². The molecule has 1 radical (unpaired) electrons. The number of hydrogen-bond acceptors (Lipinski definition) is 3. The van der Waals surface area contributed by atoms with Gasteiger partial charge in [0, 0.05) is 33.0 Å². The molecule has 16 heavy (non-hydrogen) atoms. The minimum Gasteiger partial charge on any atom is -0.313 e. The van der Waals surface area contributed by atoms with Gasteiger partial charge in [-0.25, -0.2) is 8.42 Å². The summed E-state index contributed by atoms with van der Waals surface area (Å²) in [4.78, 5) is 0.405. The second-order valence-corrected chi connectivity index (χ2v) is 6.18. The van der Waals surface area contributed by atoms with Crippen molar-refractivity contribution in [1.82, 2.24) is 5.32 Å². The van der Waals surface area contributed by atoms with E-state index in [0.717, 1.165) is 0 Å². The van der Waals surface area contributed by atoms with E-state index in [1.807, 2.05) is 6.92 Å². The predicted octanol–water partition coefficient (Wildman–Crippen LogP) is 1.01. The Bertz CT molecular complexity index is 433. The molecule has 1 N–H and O–H groups in total. The van der Waals surface area contributed by atoms with Crippen LogP contribution < -0.4 is 5.32 Å². The molecule has 1 aromatic rings. The van der Waals surface area contributed by atoms with Crippen LogP contribution in [-0.2, 0) is 30.3 Å². The van der Waals surface area contributed by atoms with Crippen molar-refractivity contribution in [3.63, 3.8) is 0 Å². The van der Waals surface area contributed by atoms with Crippen LogP contribution in [0.2, 0.25) is 0 Å². The predicted molar refractivity (Wildman–Crippen MR) is 58.3 cm³/mol. The van der Waals surface area contributed by atoms with E-state index in [2.05, 4.69) is 11.4 Å². The van der Waals surface area contributed by atoms with Crippen molar-refractivity contribution >= 4 is 9.84 Å². The Morgan fingerprint density at radius 3 is 2.50 bits per heavy atom. The molecule has 0 bridgehead atoms. The molecule has 2 atom stereocenters. The molecule has 1 aromatic carbocycles. The quantitative estimate of drug-likeness (QED) is 0.741. The first-order valence-corrected chi connectivity index (χ1v) is 6.59. The summed E-state index contributed by atoms with van der Waals surface area (Å²) in [5.74, 6) is 0. The molecule has 1 aliphatic rings. The Morgan fingerprint density at radius 1 is 1.38 bits per heavy atom. The fraction of sp³-hybridized carbons (Fsp3) is 0.455. The summed E-state index contributed by atoms with van der Waals surface area (Å²) < 4.78 is 24.3. The van der Waals surface area contributed by atoms with Gasteiger partial charge in [0.25, 0.3) is 0 Å². The molecule has 0 saturated carbocycles. The molecule has 1 heterocycles. The SMILES string of the molecule is C[C@@H]1C[C@@H](S(=O)(=O)c2cc[c-]cc2)CN1.[Re]. The fourth-order valence-electron chi connectivity index (χ4n) is 1.88. The van der Waals surface area contributed by atoms with E-state index in [4.69, 9.17) is 0 Å².